The lowest BCUT2D eigenvalue weighted by Gasteiger charge is -2.45. The maximum Gasteiger partial charge on any atom is 0.242 e. The van der Waals surface area contributed by atoms with Gasteiger partial charge in [-0.3, -0.25) is 9.59 Å². The number of carbonyl (C=O) groups is 2. The standard InChI is InChI=1S/C22H26N2O2/c1-3-23-21(26)17(2)24-16-22(15-14-20(24)25,18-10-6-4-7-11-18)19-12-8-5-9-13-19/h4-13,17H,3,14-16H2,1-2H3,(H,23,26). The second-order valence-corrected chi connectivity index (χ2v) is 6.91. The van der Waals surface area contributed by atoms with E-state index in [4.69, 9.17) is 0 Å². The molecule has 26 heavy (non-hydrogen) atoms. The first-order valence-corrected chi connectivity index (χ1v) is 9.26. The third kappa shape index (κ3) is 3.36. The second kappa shape index (κ2) is 7.73. The van der Waals surface area contributed by atoms with E-state index in [9.17, 15) is 9.59 Å². The van der Waals surface area contributed by atoms with E-state index < -0.39 is 6.04 Å². The van der Waals surface area contributed by atoms with Crippen LogP contribution in [-0.2, 0) is 15.0 Å². The van der Waals surface area contributed by atoms with Crippen molar-refractivity contribution in [2.75, 3.05) is 13.1 Å². The molecule has 0 bridgehead atoms. The van der Waals surface area contributed by atoms with Gasteiger partial charge in [-0.1, -0.05) is 60.7 Å². The number of benzene rings is 2. The zero-order chi connectivity index (χ0) is 18.6. The number of likely N-dealkylation sites (N-methyl/N-ethyl adjacent to an activating group) is 1. The van der Waals surface area contributed by atoms with Crippen LogP contribution in [0.25, 0.3) is 0 Å². The fraction of sp³-hybridized carbons (Fsp3) is 0.364. The Balaban J connectivity index is 2.02. The van der Waals surface area contributed by atoms with Crippen molar-refractivity contribution < 1.29 is 9.59 Å². The van der Waals surface area contributed by atoms with Crippen LogP contribution in [0, 0.1) is 0 Å². The van der Waals surface area contributed by atoms with Crippen LogP contribution in [0.15, 0.2) is 60.7 Å². The summed E-state index contributed by atoms with van der Waals surface area (Å²) in [5, 5.41) is 2.84. The van der Waals surface area contributed by atoms with E-state index in [1.165, 1.54) is 11.1 Å². The van der Waals surface area contributed by atoms with Crippen molar-refractivity contribution in [1.82, 2.24) is 10.2 Å². The van der Waals surface area contributed by atoms with Crippen LogP contribution in [0.1, 0.15) is 37.8 Å². The number of likely N-dealkylation sites (tertiary alicyclic amines) is 1. The van der Waals surface area contributed by atoms with Crippen LogP contribution in [0.4, 0.5) is 0 Å². The van der Waals surface area contributed by atoms with Gasteiger partial charge < -0.3 is 10.2 Å². The Morgan fingerprint density at radius 1 is 1.08 bits per heavy atom. The molecular formula is C22H26N2O2. The zero-order valence-electron chi connectivity index (χ0n) is 15.4. The highest BCUT2D eigenvalue weighted by molar-refractivity contribution is 5.88. The molecule has 136 valence electrons. The molecule has 1 unspecified atom stereocenters. The Bertz CT molecular complexity index is 719. The Kier molecular flexibility index (Phi) is 5.40. The molecule has 1 aliphatic rings. The van der Waals surface area contributed by atoms with Gasteiger partial charge in [-0.05, 0) is 31.4 Å². The van der Waals surface area contributed by atoms with Gasteiger partial charge in [-0.25, -0.2) is 0 Å². The van der Waals surface area contributed by atoms with E-state index in [0.29, 0.717) is 19.5 Å². The average Bonchev–Trinajstić information content (AvgIpc) is 2.69. The van der Waals surface area contributed by atoms with E-state index in [-0.39, 0.29) is 17.2 Å². The highest BCUT2D eigenvalue weighted by Gasteiger charge is 2.43. The maximum atomic E-state index is 12.6. The Hall–Kier alpha value is -2.62. The number of nitrogens with one attached hydrogen (secondary N) is 1. The molecule has 1 heterocycles. The molecule has 1 saturated heterocycles. The Morgan fingerprint density at radius 3 is 2.12 bits per heavy atom. The highest BCUT2D eigenvalue weighted by atomic mass is 16.2. The normalized spacial score (nSPS) is 17.6. The van der Waals surface area contributed by atoms with Gasteiger partial charge in [-0.2, -0.15) is 0 Å². The summed E-state index contributed by atoms with van der Waals surface area (Å²) < 4.78 is 0. The molecular weight excluding hydrogens is 324 g/mol. The van der Waals surface area contributed by atoms with Crippen LogP contribution in [0.5, 0.6) is 0 Å². The third-order valence-corrected chi connectivity index (χ3v) is 5.38. The number of rotatable bonds is 5. The van der Waals surface area contributed by atoms with Gasteiger partial charge in [0.15, 0.2) is 0 Å². The van der Waals surface area contributed by atoms with Crippen LogP contribution in [-0.4, -0.2) is 35.8 Å². The lowest BCUT2D eigenvalue weighted by Crippen LogP contribution is -2.56. The first-order chi connectivity index (χ1) is 12.6. The van der Waals surface area contributed by atoms with Gasteiger partial charge in [-0.15, -0.1) is 0 Å². The molecule has 0 aromatic heterocycles. The first kappa shape index (κ1) is 18.2. The third-order valence-electron chi connectivity index (χ3n) is 5.38. The fourth-order valence-electron chi connectivity index (χ4n) is 3.89. The minimum absolute atomic E-state index is 0.0474. The van der Waals surface area contributed by atoms with Gasteiger partial charge in [0.2, 0.25) is 11.8 Å². The van der Waals surface area contributed by atoms with Crippen molar-refractivity contribution in [2.24, 2.45) is 0 Å². The molecule has 3 rings (SSSR count). The molecule has 0 saturated carbocycles. The summed E-state index contributed by atoms with van der Waals surface area (Å²) in [6.45, 7) is 4.78. The van der Waals surface area contributed by atoms with Gasteiger partial charge in [0.05, 0.1) is 0 Å². The second-order valence-electron chi connectivity index (χ2n) is 6.91. The molecule has 4 heteroatoms. The number of amides is 2. The zero-order valence-corrected chi connectivity index (χ0v) is 15.4. The minimum Gasteiger partial charge on any atom is -0.355 e. The van der Waals surface area contributed by atoms with E-state index >= 15 is 0 Å². The van der Waals surface area contributed by atoms with Crippen LogP contribution >= 0.6 is 0 Å². The van der Waals surface area contributed by atoms with Crippen molar-refractivity contribution in [3.05, 3.63) is 71.8 Å². The molecule has 2 amide bonds. The summed E-state index contributed by atoms with van der Waals surface area (Å²) in [4.78, 5) is 26.8. The van der Waals surface area contributed by atoms with E-state index in [0.717, 1.165) is 6.42 Å². The van der Waals surface area contributed by atoms with Crippen LogP contribution in [0.2, 0.25) is 0 Å². The fourth-order valence-corrected chi connectivity index (χ4v) is 3.89. The number of hydrogen-bond donors (Lipinski definition) is 1. The number of carbonyl (C=O) groups excluding carboxylic acids is 2. The summed E-state index contributed by atoms with van der Waals surface area (Å²) >= 11 is 0. The Morgan fingerprint density at radius 2 is 1.62 bits per heavy atom. The molecule has 1 aliphatic heterocycles. The van der Waals surface area contributed by atoms with Crippen molar-refractivity contribution >= 4 is 11.8 Å². The maximum absolute atomic E-state index is 12.6. The topological polar surface area (TPSA) is 49.4 Å². The first-order valence-electron chi connectivity index (χ1n) is 9.26. The monoisotopic (exact) mass is 350 g/mol. The van der Waals surface area contributed by atoms with E-state index in [2.05, 4.69) is 29.6 Å². The average molecular weight is 350 g/mol. The lowest BCUT2D eigenvalue weighted by molar-refractivity contribution is -0.143. The number of hydrogen-bond acceptors (Lipinski definition) is 2. The minimum atomic E-state index is -0.477. The smallest absolute Gasteiger partial charge is 0.242 e. The number of nitrogens with zero attached hydrogens (tertiary/aromatic N) is 1. The van der Waals surface area contributed by atoms with Crippen LogP contribution in [0.3, 0.4) is 0 Å². The summed E-state index contributed by atoms with van der Waals surface area (Å²) in [5.41, 5.74) is 2.08. The number of piperidine rings is 1. The predicted octanol–water partition coefficient (Wildman–Crippen LogP) is 3.12. The molecule has 0 radical (unpaired) electrons. The highest BCUT2D eigenvalue weighted by Crippen LogP contribution is 2.41. The summed E-state index contributed by atoms with van der Waals surface area (Å²) in [6, 6.07) is 20.2. The van der Waals surface area contributed by atoms with Crippen molar-refractivity contribution in [2.45, 2.75) is 38.1 Å². The molecule has 0 aliphatic carbocycles. The van der Waals surface area contributed by atoms with Gasteiger partial charge >= 0.3 is 0 Å². The molecule has 1 fully saturated rings. The van der Waals surface area contributed by atoms with E-state index in [1.807, 2.05) is 50.2 Å². The Labute approximate surface area is 155 Å². The quantitative estimate of drug-likeness (QED) is 0.901. The molecule has 1 atom stereocenters. The molecule has 4 nitrogen and oxygen atoms in total. The van der Waals surface area contributed by atoms with Gasteiger partial charge in [0.1, 0.15) is 6.04 Å². The lowest BCUT2D eigenvalue weighted by atomic mass is 9.69. The summed E-state index contributed by atoms with van der Waals surface area (Å²) in [7, 11) is 0. The SMILES string of the molecule is CCNC(=O)C(C)N1CC(c2ccccc2)(c2ccccc2)CCC1=O. The largest absolute Gasteiger partial charge is 0.355 e. The van der Waals surface area contributed by atoms with Crippen molar-refractivity contribution in [1.29, 1.82) is 0 Å². The van der Waals surface area contributed by atoms with Crippen molar-refractivity contribution in [3.63, 3.8) is 0 Å². The van der Waals surface area contributed by atoms with Crippen LogP contribution < -0.4 is 5.32 Å². The summed E-state index contributed by atoms with van der Waals surface area (Å²) in [5.74, 6) is -0.0518. The van der Waals surface area contributed by atoms with E-state index in [1.54, 1.807) is 4.90 Å². The molecule has 2 aromatic rings. The summed E-state index contributed by atoms with van der Waals surface area (Å²) in [6.07, 6.45) is 1.19. The predicted molar refractivity (Wildman–Crippen MR) is 103 cm³/mol. The van der Waals surface area contributed by atoms with Crippen molar-refractivity contribution in [3.8, 4) is 0 Å². The molecule has 2 aromatic carbocycles. The van der Waals surface area contributed by atoms with Gasteiger partial charge in [0, 0.05) is 24.9 Å². The molecule has 1 N–H and O–H groups in total. The molecule has 0 spiro atoms. The van der Waals surface area contributed by atoms with Gasteiger partial charge in [0.25, 0.3) is 0 Å².